The SMILES string of the molecule is C=C(c1ccc(OC)cc1)C(CCCCCC)C(Nc1ccccc1)C(=O)OCC. The summed E-state index contributed by atoms with van der Waals surface area (Å²) in [5.74, 6) is 0.487. The first-order valence-electron chi connectivity index (χ1n) is 10.9. The van der Waals surface area contributed by atoms with Crippen LogP contribution in [0.2, 0.25) is 0 Å². The molecule has 30 heavy (non-hydrogen) atoms. The van der Waals surface area contributed by atoms with Gasteiger partial charge in [0.25, 0.3) is 0 Å². The number of para-hydroxylation sites is 1. The summed E-state index contributed by atoms with van der Waals surface area (Å²) >= 11 is 0. The standard InChI is InChI=1S/C26H35NO3/c1-5-7-8-12-15-24(20(3)21-16-18-23(29-4)19-17-21)25(26(28)30-6-2)27-22-13-10-9-11-14-22/h9-11,13-14,16-19,24-25,27H,3,5-8,12,15H2,1-2,4H3. The maximum atomic E-state index is 13.0. The summed E-state index contributed by atoms with van der Waals surface area (Å²) in [6, 6.07) is 17.2. The van der Waals surface area contributed by atoms with E-state index >= 15 is 0 Å². The summed E-state index contributed by atoms with van der Waals surface area (Å²) in [7, 11) is 1.65. The zero-order chi connectivity index (χ0) is 21.8. The maximum Gasteiger partial charge on any atom is 0.329 e. The van der Waals surface area contributed by atoms with E-state index in [0.717, 1.165) is 41.8 Å². The van der Waals surface area contributed by atoms with Gasteiger partial charge >= 0.3 is 5.97 Å². The molecule has 0 aliphatic rings. The van der Waals surface area contributed by atoms with E-state index in [9.17, 15) is 4.79 Å². The second kappa shape index (κ2) is 12.7. The molecule has 2 aromatic carbocycles. The third-order valence-corrected chi connectivity index (χ3v) is 5.32. The van der Waals surface area contributed by atoms with E-state index in [1.165, 1.54) is 12.8 Å². The van der Waals surface area contributed by atoms with Crippen molar-refractivity contribution >= 4 is 17.2 Å². The van der Waals surface area contributed by atoms with Gasteiger partial charge in [0, 0.05) is 11.6 Å². The molecule has 0 radical (unpaired) electrons. The Hall–Kier alpha value is -2.75. The first-order chi connectivity index (χ1) is 14.6. The number of esters is 1. The second-order valence-electron chi connectivity index (χ2n) is 7.45. The summed E-state index contributed by atoms with van der Waals surface area (Å²) in [6.07, 6.45) is 5.42. The molecular weight excluding hydrogens is 374 g/mol. The molecule has 0 spiro atoms. The van der Waals surface area contributed by atoms with Crippen LogP contribution < -0.4 is 10.1 Å². The van der Waals surface area contributed by atoms with E-state index in [1.54, 1.807) is 7.11 Å². The van der Waals surface area contributed by atoms with E-state index in [-0.39, 0.29) is 11.9 Å². The minimum Gasteiger partial charge on any atom is -0.497 e. The molecule has 0 aliphatic heterocycles. The normalized spacial score (nSPS) is 12.6. The first kappa shape index (κ1) is 23.5. The molecule has 0 fully saturated rings. The molecule has 1 N–H and O–H groups in total. The molecule has 0 aromatic heterocycles. The number of hydrogen-bond acceptors (Lipinski definition) is 4. The lowest BCUT2D eigenvalue weighted by molar-refractivity contribution is -0.144. The predicted octanol–water partition coefficient (Wildman–Crippen LogP) is 6.34. The van der Waals surface area contributed by atoms with E-state index in [0.29, 0.717) is 6.61 Å². The minimum atomic E-state index is -0.497. The lowest BCUT2D eigenvalue weighted by Gasteiger charge is -2.29. The van der Waals surface area contributed by atoms with Gasteiger partial charge in [0.15, 0.2) is 0 Å². The van der Waals surface area contributed by atoms with Crippen molar-refractivity contribution in [1.29, 1.82) is 0 Å². The number of carbonyl (C=O) groups is 1. The molecule has 0 amide bonds. The second-order valence-corrected chi connectivity index (χ2v) is 7.45. The molecule has 0 bridgehead atoms. The summed E-state index contributed by atoms with van der Waals surface area (Å²) in [5.41, 5.74) is 2.85. The summed E-state index contributed by atoms with van der Waals surface area (Å²) in [6.45, 7) is 8.79. The van der Waals surface area contributed by atoms with Crippen molar-refractivity contribution in [1.82, 2.24) is 0 Å². The molecule has 4 heteroatoms. The third kappa shape index (κ3) is 6.94. The van der Waals surface area contributed by atoms with E-state index < -0.39 is 6.04 Å². The number of anilines is 1. The third-order valence-electron chi connectivity index (χ3n) is 5.32. The number of carbonyl (C=O) groups excluding carboxylic acids is 1. The Bertz CT molecular complexity index is 771. The summed E-state index contributed by atoms with van der Waals surface area (Å²) < 4.78 is 10.7. The molecule has 0 heterocycles. The zero-order valence-corrected chi connectivity index (χ0v) is 18.5. The lowest BCUT2D eigenvalue weighted by atomic mass is 9.83. The number of benzene rings is 2. The fourth-order valence-electron chi connectivity index (χ4n) is 3.62. The van der Waals surface area contributed by atoms with Gasteiger partial charge in [0.1, 0.15) is 11.8 Å². The average molecular weight is 410 g/mol. The quantitative estimate of drug-likeness (QED) is 0.310. The van der Waals surface area contributed by atoms with Crippen molar-refractivity contribution in [3.05, 3.63) is 66.7 Å². The number of hydrogen-bond donors (Lipinski definition) is 1. The van der Waals surface area contributed by atoms with Crippen molar-refractivity contribution in [3.63, 3.8) is 0 Å². The van der Waals surface area contributed by atoms with Gasteiger partial charge in [-0.1, -0.05) is 69.5 Å². The van der Waals surface area contributed by atoms with Gasteiger partial charge in [-0.2, -0.15) is 0 Å². The van der Waals surface area contributed by atoms with Crippen LogP contribution in [0.25, 0.3) is 5.57 Å². The zero-order valence-electron chi connectivity index (χ0n) is 18.5. The van der Waals surface area contributed by atoms with Crippen LogP contribution in [0, 0.1) is 5.92 Å². The number of nitrogens with one attached hydrogen (secondary N) is 1. The Morgan fingerprint density at radius 1 is 1.00 bits per heavy atom. The average Bonchev–Trinajstić information content (AvgIpc) is 2.78. The van der Waals surface area contributed by atoms with Gasteiger partial charge in [-0.15, -0.1) is 0 Å². The van der Waals surface area contributed by atoms with Crippen LogP contribution in [0.1, 0.15) is 51.5 Å². The number of methoxy groups -OCH3 is 1. The molecule has 2 rings (SSSR count). The van der Waals surface area contributed by atoms with Crippen LogP contribution in [-0.4, -0.2) is 25.7 Å². The van der Waals surface area contributed by atoms with E-state index in [4.69, 9.17) is 9.47 Å². The minimum absolute atomic E-state index is 0.0745. The maximum absolute atomic E-state index is 13.0. The highest BCUT2D eigenvalue weighted by molar-refractivity contribution is 5.83. The Kier molecular flexibility index (Phi) is 9.99. The molecular formula is C26H35NO3. The highest BCUT2D eigenvalue weighted by Crippen LogP contribution is 2.32. The predicted molar refractivity (Wildman–Crippen MR) is 125 cm³/mol. The Balaban J connectivity index is 2.32. The van der Waals surface area contributed by atoms with Gasteiger partial charge in [-0.05, 0) is 48.7 Å². The Morgan fingerprint density at radius 3 is 2.30 bits per heavy atom. The van der Waals surface area contributed by atoms with E-state index in [2.05, 4.69) is 18.8 Å². The Morgan fingerprint density at radius 2 is 1.70 bits per heavy atom. The van der Waals surface area contributed by atoms with Crippen LogP contribution >= 0.6 is 0 Å². The largest absolute Gasteiger partial charge is 0.497 e. The van der Waals surface area contributed by atoms with Crippen LogP contribution in [0.4, 0.5) is 5.69 Å². The number of ether oxygens (including phenoxy) is 2. The molecule has 2 atom stereocenters. The lowest BCUT2D eigenvalue weighted by Crippen LogP contribution is -2.39. The van der Waals surface area contributed by atoms with Gasteiger partial charge in [-0.25, -0.2) is 4.79 Å². The molecule has 0 aliphatic carbocycles. The molecule has 0 saturated carbocycles. The van der Waals surface area contributed by atoms with Crippen molar-refractivity contribution in [2.24, 2.45) is 5.92 Å². The van der Waals surface area contributed by atoms with Crippen molar-refractivity contribution < 1.29 is 14.3 Å². The molecule has 4 nitrogen and oxygen atoms in total. The summed E-state index contributed by atoms with van der Waals surface area (Å²) in [4.78, 5) is 13.0. The van der Waals surface area contributed by atoms with E-state index in [1.807, 2.05) is 61.5 Å². The highest BCUT2D eigenvalue weighted by Gasteiger charge is 2.31. The Labute approximate surface area is 181 Å². The van der Waals surface area contributed by atoms with Gasteiger partial charge < -0.3 is 14.8 Å². The van der Waals surface area contributed by atoms with Gasteiger partial charge in [-0.3, -0.25) is 0 Å². The van der Waals surface area contributed by atoms with Crippen LogP contribution in [0.5, 0.6) is 5.75 Å². The van der Waals surface area contributed by atoms with Crippen molar-refractivity contribution in [2.45, 2.75) is 52.0 Å². The number of rotatable bonds is 13. The molecule has 2 unspecified atom stereocenters. The monoisotopic (exact) mass is 409 g/mol. The summed E-state index contributed by atoms with van der Waals surface area (Å²) in [5, 5.41) is 3.42. The van der Waals surface area contributed by atoms with Crippen molar-refractivity contribution in [2.75, 3.05) is 19.0 Å². The van der Waals surface area contributed by atoms with Crippen LogP contribution in [-0.2, 0) is 9.53 Å². The first-order valence-corrected chi connectivity index (χ1v) is 10.9. The number of unbranched alkanes of at least 4 members (excludes halogenated alkanes) is 3. The smallest absolute Gasteiger partial charge is 0.329 e. The highest BCUT2D eigenvalue weighted by atomic mass is 16.5. The van der Waals surface area contributed by atoms with Gasteiger partial charge in [0.05, 0.1) is 13.7 Å². The molecule has 2 aromatic rings. The fraction of sp³-hybridized carbons (Fsp3) is 0.423. The fourth-order valence-corrected chi connectivity index (χ4v) is 3.62. The van der Waals surface area contributed by atoms with Gasteiger partial charge in [0.2, 0.25) is 0 Å². The van der Waals surface area contributed by atoms with Crippen molar-refractivity contribution in [3.8, 4) is 5.75 Å². The molecule has 162 valence electrons. The topological polar surface area (TPSA) is 47.6 Å². The van der Waals surface area contributed by atoms with Crippen LogP contribution in [0.3, 0.4) is 0 Å². The van der Waals surface area contributed by atoms with Crippen LogP contribution in [0.15, 0.2) is 61.2 Å². The molecule has 0 saturated heterocycles.